The quantitative estimate of drug-likeness (QED) is 0.710. The number of anilines is 1. The summed E-state index contributed by atoms with van der Waals surface area (Å²) in [5, 5.41) is 0. The number of hydrogen-bond donors (Lipinski definition) is 1. The van der Waals surface area contributed by atoms with E-state index in [2.05, 4.69) is 19.1 Å². The van der Waals surface area contributed by atoms with E-state index >= 15 is 0 Å². The number of carbonyl (C=O) groups is 1. The van der Waals surface area contributed by atoms with Crippen molar-refractivity contribution in [3.8, 4) is 0 Å². The van der Waals surface area contributed by atoms with Gasteiger partial charge >= 0.3 is 0 Å². The van der Waals surface area contributed by atoms with Gasteiger partial charge in [0.25, 0.3) is 0 Å². The molecule has 2 unspecified atom stereocenters. The van der Waals surface area contributed by atoms with Gasteiger partial charge in [-0.05, 0) is 42.5 Å². The van der Waals surface area contributed by atoms with Crippen molar-refractivity contribution in [3.63, 3.8) is 0 Å². The number of fused-ring (bicyclic) bond motifs is 3. The first-order valence-electron chi connectivity index (χ1n) is 6.67. The van der Waals surface area contributed by atoms with Gasteiger partial charge in [-0.2, -0.15) is 0 Å². The maximum atomic E-state index is 11.9. The third-order valence-electron chi connectivity index (χ3n) is 4.89. The third-order valence-corrected chi connectivity index (χ3v) is 4.89. The molecule has 1 aliphatic carbocycles. The minimum Gasteiger partial charge on any atom is -0.399 e. The fourth-order valence-corrected chi connectivity index (χ4v) is 3.81. The Morgan fingerprint density at radius 2 is 2.17 bits per heavy atom. The number of likely N-dealkylation sites (tertiary alicyclic amines) is 1. The van der Waals surface area contributed by atoms with Crippen LogP contribution in [-0.2, 0) is 16.6 Å². The van der Waals surface area contributed by atoms with Gasteiger partial charge in [-0.25, -0.2) is 0 Å². The molecule has 2 aliphatic rings. The fraction of sp³-hybridized carbons (Fsp3) is 0.533. The van der Waals surface area contributed by atoms with Crippen LogP contribution in [0.1, 0.15) is 37.3 Å². The van der Waals surface area contributed by atoms with Crippen LogP contribution in [0.2, 0.25) is 0 Å². The molecule has 1 aromatic rings. The summed E-state index contributed by atoms with van der Waals surface area (Å²) in [6, 6.07) is 6.60. The number of amides is 1. The van der Waals surface area contributed by atoms with Crippen LogP contribution in [0.3, 0.4) is 0 Å². The Morgan fingerprint density at radius 3 is 2.94 bits per heavy atom. The first kappa shape index (κ1) is 11.6. The van der Waals surface area contributed by atoms with Gasteiger partial charge in [0.05, 0.1) is 0 Å². The molecule has 1 aliphatic heterocycles. The van der Waals surface area contributed by atoms with Crippen molar-refractivity contribution in [2.24, 2.45) is 0 Å². The first-order valence-corrected chi connectivity index (χ1v) is 6.67. The zero-order valence-corrected chi connectivity index (χ0v) is 11.1. The van der Waals surface area contributed by atoms with Crippen molar-refractivity contribution >= 4 is 11.6 Å². The Labute approximate surface area is 108 Å². The van der Waals surface area contributed by atoms with E-state index in [9.17, 15) is 4.79 Å². The second-order valence-corrected chi connectivity index (χ2v) is 5.89. The highest BCUT2D eigenvalue weighted by Crippen LogP contribution is 2.45. The molecule has 96 valence electrons. The van der Waals surface area contributed by atoms with E-state index in [0.29, 0.717) is 12.5 Å². The molecule has 0 aromatic heterocycles. The molecule has 3 nitrogen and oxygen atoms in total. The second kappa shape index (κ2) is 3.74. The number of nitrogens with two attached hydrogens (primary N) is 1. The topological polar surface area (TPSA) is 46.3 Å². The highest BCUT2D eigenvalue weighted by Gasteiger charge is 2.46. The average Bonchev–Trinajstić information content (AvgIpc) is 2.34. The largest absolute Gasteiger partial charge is 0.399 e. The molecule has 2 atom stereocenters. The Bertz CT molecular complexity index is 511. The molecule has 0 spiro atoms. The minimum atomic E-state index is 0.101. The number of carbonyl (C=O) groups excluding carboxylic acids is 1. The van der Waals surface area contributed by atoms with E-state index in [4.69, 9.17) is 5.73 Å². The predicted molar refractivity (Wildman–Crippen MR) is 72.3 cm³/mol. The maximum Gasteiger partial charge on any atom is 0.222 e. The summed E-state index contributed by atoms with van der Waals surface area (Å²) in [5.74, 6) is 0.288. The van der Waals surface area contributed by atoms with Gasteiger partial charge in [-0.15, -0.1) is 0 Å². The number of hydrogen-bond acceptors (Lipinski definition) is 2. The Hall–Kier alpha value is -1.51. The van der Waals surface area contributed by atoms with Gasteiger partial charge in [0.15, 0.2) is 0 Å². The number of aryl methyl sites for hydroxylation is 1. The molecular weight excluding hydrogens is 224 g/mol. The van der Waals surface area contributed by atoms with Crippen molar-refractivity contribution < 1.29 is 4.79 Å². The van der Waals surface area contributed by atoms with Crippen LogP contribution in [0, 0.1) is 0 Å². The number of nitrogen functional groups attached to an aromatic ring is 1. The zero-order chi connectivity index (χ0) is 12.9. The lowest BCUT2D eigenvalue weighted by atomic mass is 9.63. The standard InChI is InChI=1S/C15H20N2O/c1-15-8-7-14(18)17(2)13(15)6-3-10-9-11(16)4-5-12(10)15/h4-5,9,13H,3,6-8,16H2,1-2H3. The van der Waals surface area contributed by atoms with E-state index in [0.717, 1.165) is 24.9 Å². The van der Waals surface area contributed by atoms with Crippen LogP contribution >= 0.6 is 0 Å². The Balaban J connectivity index is 2.09. The van der Waals surface area contributed by atoms with Crippen molar-refractivity contribution in [3.05, 3.63) is 29.3 Å². The lowest BCUT2D eigenvalue weighted by molar-refractivity contribution is -0.138. The molecule has 0 saturated carbocycles. The van der Waals surface area contributed by atoms with Crippen LogP contribution < -0.4 is 5.73 Å². The van der Waals surface area contributed by atoms with E-state index in [1.165, 1.54) is 11.1 Å². The molecule has 1 fully saturated rings. The monoisotopic (exact) mass is 244 g/mol. The number of rotatable bonds is 0. The van der Waals surface area contributed by atoms with E-state index in [1.54, 1.807) is 0 Å². The summed E-state index contributed by atoms with van der Waals surface area (Å²) in [6.45, 7) is 2.30. The van der Waals surface area contributed by atoms with Crippen molar-refractivity contribution in [1.29, 1.82) is 0 Å². The summed E-state index contributed by atoms with van der Waals surface area (Å²) in [5.41, 5.74) is 9.59. The number of piperidine rings is 1. The van der Waals surface area contributed by atoms with Gasteiger partial charge in [0, 0.05) is 30.6 Å². The van der Waals surface area contributed by atoms with Gasteiger partial charge < -0.3 is 10.6 Å². The van der Waals surface area contributed by atoms with Crippen LogP contribution in [0.25, 0.3) is 0 Å². The predicted octanol–water partition coefficient (Wildman–Crippen LogP) is 2.09. The molecule has 0 bridgehead atoms. The highest BCUT2D eigenvalue weighted by molar-refractivity contribution is 5.78. The molecule has 1 aromatic carbocycles. The molecule has 1 amide bonds. The van der Waals surface area contributed by atoms with Gasteiger partial charge in [0.2, 0.25) is 5.91 Å². The SMILES string of the molecule is CN1C(=O)CCC2(C)c3ccc(N)cc3CCC12. The number of benzene rings is 1. The highest BCUT2D eigenvalue weighted by atomic mass is 16.2. The van der Waals surface area contributed by atoms with Crippen LogP contribution in [-0.4, -0.2) is 23.9 Å². The molecule has 3 rings (SSSR count). The smallest absolute Gasteiger partial charge is 0.222 e. The molecular formula is C15H20N2O. The van der Waals surface area contributed by atoms with Crippen LogP contribution in [0.5, 0.6) is 0 Å². The zero-order valence-electron chi connectivity index (χ0n) is 11.1. The van der Waals surface area contributed by atoms with E-state index in [-0.39, 0.29) is 11.3 Å². The average molecular weight is 244 g/mol. The molecule has 3 heteroatoms. The van der Waals surface area contributed by atoms with Crippen molar-refractivity contribution in [2.45, 2.75) is 44.1 Å². The van der Waals surface area contributed by atoms with Crippen LogP contribution in [0.15, 0.2) is 18.2 Å². The van der Waals surface area contributed by atoms with E-state index < -0.39 is 0 Å². The minimum absolute atomic E-state index is 0.101. The molecule has 1 heterocycles. The maximum absolute atomic E-state index is 11.9. The van der Waals surface area contributed by atoms with Crippen LogP contribution in [0.4, 0.5) is 5.69 Å². The molecule has 18 heavy (non-hydrogen) atoms. The molecule has 1 saturated heterocycles. The summed E-state index contributed by atoms with van der Waals surface area (Å²) >= 11 is 0. The molecule has 2 N–H and O–H groups in total. The normalized spacial score (nSPS) is 30.9. The second-order valence-electron chi connectivity index (χ2n) is 5.89. The van der Waals surface area contributed by atoms with Gasteiger partial charge in [0.1, 0.15) is 0 Å². The van der Waals surface area contributed by atoms with Crippen molar-refractivity contribution in [2.75, 3.05) is 12.8 Å². The number of nitrogens with zero attached hydrogens (tertiary/aromatic N) is 1. The van der Waals surface area contributed by atoms with Gasteiger partial charge in [-0.3, -0.25) is 4.79 Å². The lowest BCUT2D eigenvalue weighted by Crippen LogP contribution is -2.56. The first-order chi connectivity index (χ1) is 8.52. The Kier molecular flexibility index (Phi) is 2.40. The third kappa shape index (κ3) is 1.46. The summed E-state index contributed by atoms with van der Waals surface area (Å²) < 4.78 is 0. The molecule has 0 radical (unpaired) electrons. The van der Waals surface area contributed by atoms with E-state index in [1.807, 2.05) is 18.0 Å². The number of likely N-dealkylation sites (N-methyl/N-ethyl adjacent to an activating group) is 1. The lowest BCUT2D eigenvalue weighted by Gasteiger charge is -2.50. The van der Waals surface area contributed by atoms with Crippen molar-refractivity contribution in [1.82, 2.24) is 4.90 Å². The fourth-order valence-electron chi connectivity index (χ4n) is 3.81. The van der Waals surface area contributed by atoms with Gasteiger partial charge in [-0.1, -0.05) is 13.0 Å². The summed E-state index contributed by atoms with van der Waals surface area (Å²) in [7, 11) is 1.95. The summed E-state index contributed by atoms with van der Waals surface area (Å²) in [6.07, 6.45) is 3.69. The summed E-state index contributed by atoms with van der Waals surface area (Å²) in [4.78, 5) is 13.8. The Morgan fingerprint density at radius 1 is 1.39 bits per heavy atom.